The predicted octanol–water partition coefficient (Wildman–Crippen LogP) is 3.03. The molecule has 0 unspecified atom stereocenters. The van der Waals surface area contributed by atoms with Gasteiger partial charge in [0.25, 0.3) is 17.7 Å². The number of carbonyl (C=O) groups is 4. The zero-order valence-corrected chi connectivity index (χ0v) is 17.1. The van der Waals surface area contributed by atoms with Gasteiger partial charge in [0.05, 0.1) is 16.7 Å². The summed E-state index contributed by atoms with van der Waals surface area (Å²) in [5.41, 5.74) is 1.10. The summed E-state index contributed by atoms with van der Waals surface area (Å²) in [7, 11) is 0. The molecule has 2 aromatic rings. The first kappa shape index (κ1) is 18.8. The molecular formula is C19H16BrN3O4S. The fourth-order valence-corrected chi connectivity index (χ4v) is 4.11. The van der Waals surface area contributed by atoms with Crippen molar-refractivity contribution in [2.75, 3.05) is 11.9 Å². The molecule has 0 atom stereocenters. The third kappa shape index (κ3) is 3.72. The first-order valence-corrected chi connectivity index (χ1v) is 10.5. The van der Waals surface area contributed by atoms with Crippen LogP contribution in [0.1, 0.15) is 50.3 Å². The Hall–Kier alpha value is -2.52. The van der Waals surface area contributed by atoms with E-state index < -0.39 is 11.8 Å². The van der Waals surface area contributed by atoms with E-state index >= 15 is 0 Å². The highest BCUT2D eigenvalue weighted by Crippen LogP contribution is 2.27. The molecule has 0 spiro atoms. The van der Waals surface area contributed by atoms with Crippen molar-refractivity contribution < 1.29 is 19.2 Å². The minimum Gasteiger partial charge on any atom is -0.349 e. The lowest BCUT2D eigenvalue weighted by Crippen LogP contribution is -2.33. The Morgan fingerprint density at radius 2 is 1.89 bits per heavy atom. The summed E-state index contributed by atoms with van der Waals surface area (Å²) < 4.78 is 0.710. The third-order valence-corrected chi connectivity index (χ3v) is 5.89. The Morgan fingerprint density at radius 3 is 2.64 bits per heavy atom. The number of hydrogen-bond acceptors (Lipinski definition) is 5. The van der Waals surface area contributed by atoms with Gasteiger partial charge in [-0.2, -0.15) is 0 Å². The third-order valence-electron chi connectivity index (χ3n) is 4.57. The number of benzene rings is 1. The SMILES string of the molecule is O=C(CCN1C(=O)c2ccc(Br)cc2C1=O)Nc1sccc1C(=O)NC1CC1. The molecule has 7 nitrogen and oxygen atoms in total. The normalized spacial score (nSPS) is 15.5. The number of imide groups is 1. The van der Waals surface area contributed by atoms with Gasteiger partial charge < -0.3 is 10.6 Å². The molecule has 144 valence electrons. The van der Waals surface area contributed by atoms with Crippen molar-refractivity contribution in [3.05, 3.63) is 50.8 Å². The van der Waals surface area contributed by atoms with Crippen LogP contribution in [0.5, 0.6) is 0 Å². The molecule has 0 bridgehead atoms. The highest BCUT2D eigenvalue weighted by atomic mass is 79.9. The summed E-state index contributed by atoms with van der Waals surface area (Å²) in [4.78, 5) is 50.5. The fourth-order valence-electron chi connectivity index (χ4n) is 2.94. The fraction of sp³-hybridized carbons (Fsp3) is 0.263. The molecule has 2 N–H and O–H groups in total. The number of carbonyl (C=O) groups excluding carboxylic acids is 4. The van der Waals surface area contributed by atoms with Crippen LogP contribution in [0.15, 0.2) is 34.1 Å². The molecule has 1 aliphatic carbocycles. The van der Waals surface area contributed by atoms with Crippen LogP contribution in [0.3, 0.4) is 0 Å². The quantitative estimate of drug-likeness (QED) is 0.646. The number of amides is 4. The maximum Gasteiger partial charge on any atom is 0.261 e. The lowest BCUT2D eigenvalue weighted by Gasteiger charge is -2.13. The zero-order chi connectivity index (χ0) is 19.8. The van der Waals surface area contributed by atoms with Crippen molar-refractivity contribution in [2.45, 2.75) is 25.3 Å². The number of hydrogen-bond donors (Lipinski definition) is 2. The van der Waals surface area contributed by atoms with Gasteiger partial charge in [-0.3, -0.25) is 24.1 Å². The van der Waals surface area contributed by atoms with E-state index in [9.17, 15) is 19.2 Å². The van der Waals surface area contributed by atoms with E-state index in [1.807, 2.05) is 0 Å². The molecule has 0 saturated heterocycles. The largest absolute Gasteiger partial charge is 0.349 e. The van der Waals surface area contributed by atoms with Gasteiger partial charge >= 0.3 is 0 Å². The Labute approximate surface area is 173 Å². The maximum atomic E-state index is 12.4. The summed E-state index contributed by atoms with van der Waals surface area (Å²) in [6, 6.07) is 6.79. The van der Waals surface area contributed by atoms with E-state index in [0.29, 0.717) is 26.2 Å². The van der Waals surface area contributed by atoms with E-state index in [0.717, 1.165) is 17.7 Å². The highest BCUT2D eigenvalue weighted by molar-refractivity contribution is 9.10. The van der Waals surface area contributed by atoms with E-state index in [-0.39, 0.29) is 30.8 Å². The van der Waals surface area contributed by atoms with Crippen molar-refractivity contribution in [3.63, 3.8) is 0 Å². The average Bonchev–Trinajstić information content (AvgIpc) is 3.30. The molecule has 1 aromatic carbocycles. The van der Waals surface area contributed by atoms with Gasteiger partial charge in [-0.25, -0.2) is 0 Å². The van der Waals surface area contributed by atoms with Crippen LogP contribution in [0.25, 0.3) is 0 Å². The summed E-state index contributed by atoms with van der Waals surface area (Å²) in [5.74, 6) is -1.37. The highest BCUT2D eigenvalue weighted by Gasteiger charge is 2.35. The first-order chi connectivity index (χ1) is 13.4. The second-order valence-corrected chi connectivity index (χ2v) is 8.49. The van der Waals surface area contributed by atoms with Crippen LogP contribution in [0.4, 0.5) is 5.00 Å². The van der Waals surface area contributed by atoms with E-state index in [1.54, 1.807) is 29.6 Å². The molecule has 1 saturated carbocycles. The number of nitrogens with one attached hydrogen (secondary N) is 2. The van der Waals surface area contributed by atoms with E-state index in [4.69, 9.17) is 0 Å². The molecule has 4 rings (SSSR count). The lowest BCUT2D eigenvalue weighted by atomic mass is 10.1. The Morgan fingerprint density at radius 1 is 1.14 bits per heavy atom. The van der Waals surface area contributed by atoms with E-state index in [2.05, 4.69) is 26.6 Å². The minimum absolute atomic E-state index is 0.0230. The molecule has 2 heterocycles. The summed E-state index contributed by atoms with van der Waals surface area (Å²) in [6.07, 6.45) is 1.91. The van der Waals surface area contributed by atoms with Crippen molar-refractivity contribution in [1.82, 2.24) is 10.2 Å². The Kier molecular flexibility index (Phi) is 5.03. The van der Waals surface area contributed by atoms with Gasteiger partial charge in [0.15, 0.2) is 0 Å². The number of halogens is 1. The standard InChI is InChI=1S/C19H16BrN3O4S/c20-10-1-4-12-14(9-10)19(27)23(18(12)26)7-5-15(24)22-17-13(6-8-28-17)16(25)21-11-2-3-11/h1,4,6,8-9,11H,2-3,5,7H2,(H,21,25)(H,22,24). The molecule has 1 aliphatic heterocycles. The van der Waals surface area contributed by atoms with Gasteiger partial charge in [-0.15, -0.1) is 11.3 Å². The van der Waals surface area contributed by atoms with Gasteiger partial charge in [0, 0.05) is 23.5 Å². The molecular weight excluding hydrogens is 446 g/mol. The van der Waals surface area contributed by atoms with Crippen LogP contribution in [-0.2, 0) is 4.79 Å². The number of anilines is 1. The van der Waals surface area contributed by atoms with E-state index in [1.165, 1.54) is 11.3 Å². The van der Waals surface area contributed by atoms with Crippen molar-refractivity contribution >= 4 is 55.9 Å². The summed E-state index contributed by atoms with van der Waals surface area (Å²) >= 11 is 4.55. The van der Waals surface area contributed by atoms with Gasteiger partial charge in [0.2, 0.25) is 5.91 Å². The number of nitrogens with zero attached hydrogens (tertiary/aromatic N) is 1. The molecule has 0 radical (unpaired) electrons. The number of rotatable bonds is 6. The number of thiophene rings is 1. The monoisotopic (exact) mass is 461 g/mol. The van der Waals surface area contributed by atoms with Crippen LogP contribution < -0.4 is 10.6 Å². The Balaban J connectivity index is 1.37. The van der Waals surface area contributed by atoms with Gasteiger partial charge in [0.1, 0.15) is 5.00 Å². The van der Waals surface area contributed by atoms with Crippen LogP contribution >= 0.6 is 27.3 Å². The molecule has 28 heavy (non-hydrogen) atoms. The molecule has 2 aliphatic rings. The maximum absolute atomic E-state index is 12.4. The molecule has 9 heteroatoms. The summed E-state index contributed by atoms with van der Waals surface area (Å²) in [6.45, 7) is -0.0230. The van der Waals surface area contributed by atoms with Crippen LogP contribution in [-0.4, -0.2) is 41.1 Å². The van der Waals surface area contributed by atoms with Gasteiger partial charge in [-0.1, -0.05) is 15.9 Å². The zero-order valence-electron chi connectivity index (χ0n) is 14.7. The Bertz CT molecular complexity index is 999. The van der Waals surface area contributed by atoms with Crippen molar-refractivity contribution in [1.29, 1.82) is 0 Å². The van der Waals surface area contributed by atoms with Gasteiger partial charge in [-0.05, 0) is 42.5 Å². The second-order valence-electron chi connectivity index (χ2n) is 6.66. The molecule has 1 fully saturated rings. The van der Waals surface area contributed by atoms with Crippen molar-refractivity contribution in [2.24, 2.45) is 0 Å². The smallest absolute Gasteiger partial charge is 0.261 e. The predicted molar refractivity (Wildman–Crippen MR) is 108 cm³/mol. The average molecular weight is 462 g/mol. The molecule has 4 amide bonds. The topological polar surface area (TPSA) is 95.6 Å². The van der Waals surface area contributed by atoms with Crippen LogP contribution in [0, 0.1) is 0 Å². The first-order valence-electron chi connectivity index (χ1n) is 8.78. The lowest BCUT2D eigenvalue weighted by molar-refractivity contribution is -0.116. The second kappa shape index (κ2) is 7.48. The minimum atomic E-state index is -0.408. The number of fused-ring (bicyclic) bond motifs is 1. The van der Waals surface area contributed by atoms with Crippen LogP contribution in [0.2, 0.25) is 0 Å². The molecule has 1 aromatic heterocycles. The van der Waals surface area contributed by atoms with Crippen molar-refractivity contribution in [3.8, 4) is 0 Å². The summed E-state index contributed by atoms with van der Waals surface area (Å²) in [5, 5.41) is 7.80.